The van der Waals surface area contributed by atoms with Crippen LogP contribution in [0.25, 0.3) is 0 Å². The molecule has 150 valence electrons. The summed E-state index contributed by atoms with van der Waals surface area (Å²) < 4.78 is 0. The van der Waals surface area contributed by atoms with Crippen LogP contribution in [-0.4, -0.2) is 44.1 Å². The summed E-state index contributed by atoms with van der Waals surface area (Å²) in [7, 11) is 0. The van der Waals surface area contributed by atoms with Crippen molar-refractivity contribution in [1.29, 1.82) is 0 Å². The maximum atomic E-state index is 13.3. The molecule has 1 aromatic carbocycles. The zero-order valence-electron chi connectivity index (χ0n) is 16.1. The Balaban J connectivity index is 1.55. The molecule has 0 bridgehead atoms. The number of aromatic nitrogens is 4. The van der Waals surface area contributed by atoms with Gasteiger partial charge in [0.15, 0.2) is 5.82 Å². The molecule has 8 nitrogen and oxygen atoms in total. The summed E-state index contributed by atoms with van der Waals surface area (Å²) in [6, 6.07) is 13.6. The average molecular weight is 392 g/mol. The van der Waals surface area contributed by atoms with Crippen molar-refractivity contribution in [1.82, 2.24) is 25.1 Å². The van der Waals surface area contributed by atoms with E-state index in [0.29, 0.717) is 18.9 Å². The van der Waals surface area contributed by atoms with Gasteiger partial charge in [-0.05, 0) is 43.0 Å². The Labute approximate surface area is 168 Å². The van der Waals surface area contributed by atoms with E-state index in [0.717, 1.165) is 30.5 Å². The molecule has 2 N–H and O–H groups in total. The second kappa shape index (κ2) is 8.72. The van der Waals surface area contributed by atoms with Gasteiger partial charge in [-0.2, -0.15) is 5.10 Å². The summed E-state index contributed by atoms with van der Waals surface area (Å²) in [5.74, 6) is 0.549. The first kappa shape index (κ1) is 18.9. The minimum atomic E-state index is -0.347. The summed E-state index contributed by atoms with van der Waals surface area (Å²) >= 11 is 0. The molecule has 0 aliphatic carbocycles. The number of nitrogens with zero attached hydrogens (tertiary/aromatic N) is 4. The van der Waals surface area contributed by atoms with E-state index in [9.17, 15) is 9.59 Å². The summed E-state index contributed by atoms with van der Waals surface area (Å²) in [5.41, 5.74) is 1.67. The van der Waals surface area contributed by atoms with Crippen LogP contribution in [0.3, 0.4) is 0 Å². The van der Waals surface area contributed by atoms with Gasteiger partial charge in [0, 0.05) is 31.2 Å². The largest absolute Gasteiger partial charge is 0.358 e. The Morgan fingerprint density at radius 1 is 1.17 bits per heavy atom. The Kier molecular flexibility index (Phi) is 5.69. The fourth-order valence-corrected chi connectivity index (χ4v) is 3.80. The van der Waals surface area contributed by atoms with Crippen molar-refractivity contribution >= 4 is 11.6 Å². The van der Waals surface area contributed by atoms with Crippen LogP contribution >= 0.6 is 0 Å². The molecule has 1 amide bonds. The van der Waals surface area contributed by atoms with Gasteiger partial charge < -0.3 is 9.80 Å². The van der Waals surface area contributed by atoms with Crippen molar-refractivity contribution in [2.45, 2.75) is 31.8 Å². The van der Waals surface area contributed by atoms with Crippen molar-refractivity contribution in [2.75, 3.05) is 18.0 Å². The monoisotopic (exact) mass is 392 g/mol. The molecule has 3 aromatic rings. The Morgan fingerprint density at radius 3 is 2.76 bits per heavy atom. The van der Waals surface area contributed by atoms with Gasteiger partial charge in [0.2, 0.25) is 5.91 Å². The van der Waals surface area contributed by atoms with E-state index in [1.165, 1.54) is 0 Å². The number of hydrogen-bond donors (Lipinski definition) is 2. The summed E-state index contributed by atoms with van der Waals surface area (Å²) in [6.45, 7) is 1.49. The Hall–Kier alpha value is -3.42. The normalized spacial score (nSPS) is 16.6. The number of carbonyl (C=O) groups is 1. The Morgan fingerprint density at radius 2 is 2.03 bits per heavy atom. The van der Waals surface area contributed by atoms with Gasteiger partial charge in [-0.15, -0.1) is 0 Å². The maximum absolute atomic E-state index is 13.3. The summed E-state index contributed by atoms with van der Waals surface area (Å²) in [4.78, 5) is 35.6. The highest BCUT2D eigenvalue weighted by Crippen LogP contribution is 2.29. The number of nitrogens with one attached hydrogen (secondary N) is 2. The number of carbonyl (C=O) groups excluding carboxylic acids is 1. The topological polar surface area (TPSA) is 98.0 Å². The van der Waals surface area contributed by atoms with Crippen molar-refractivity contribution < 1.29 is 4.79 Å². The maximum Gasteiger partial charge on any atom is 0.340 e. The summed E-state index contributed by atoms with van der Waals surface area (Å²) in [6.07, 6.45) is 6.30. The molecule has 1 aliphatic rings. The van der Waals surface area contributed by atoms with E-state index in [4.69, 9.17) is 0 Å². The second-order valence-electron chi connectivity index (χ2n) is 7.21. The van der Waals surface area contributed by atoms with Crippen molar-refractivity contribution in [3.05, 3.63) is 76.7 Å². The fourth-order valence-electron chi connectivity index (χ4n) is 3.80. The van der Waals surface area contributed by atoms with Gasteiger partial charge in [-0.25, -0.2) is 9.89 Å². The first-order valence-electron chi connectivity index (χ1n) is 9.83. The van der Waals surface area contributed by atoms with Crippen molar-refractivity contribution in [3.8, 4) is 0 Å². The Bertz CT molecular complexity index is 985. The third kappa shape index (κ3) is 4.53. The van der Waals surface area contributed by atoms with Gasteiger partial charge in [-0.1, -0.05) is 24.3 Å². The first-order valence-corrected chi connectivity index (χ1v) is 9.83. The van der Waals surface area contributed by atoms with Crippen molar-refractivity contribution in [3.63, 3.8) is 0 Å². The number of piperidine rings is 1. The molecule has 1 atom stereocenters. The molecular formula is C21H24N6O2. The molecule has 1 aliphatic heterocycles. The first-order chi connectivity index (χ1) is 14.2. The van der Waals surface area contributed by atoms with Gasteiger partial charge in [0.1, 0.15) is 0 Å². The average Bonchev–Trinajstić information content (AvgIpc) is 3.21. The van der Waals surface area contributed by atoms with Gasteiger partial charge in [0.25, 0.3) is 0 Å². The fraction of sp³-hybridized carbons (Fsp3) is 0.333. The summed E-state index contributed by atoms with van der Waals surface area (Å²) in [5, 5.41) is 6.48. The van der Waals surface area contributed by atoms with Crippen LogP contribution in [0.15, 0.2) is 59.7 Å². The van der Waals surface area contributed by atoms with Crippen LogP contribution in [0.1, 0.15) is 36.7 Å². The molecule has 1 fully saturated rings. The zero-order valence-corrected chi connectivity index (χ0v) is 16.1. The number of H-pyrrole nitrogens is 2. The minimum Gasteiger partial charge on any atom is -0.358 e. The molecule has 29 heavy (non-hydrogen) atoms. The third-order valence-electron chi connectivity index (χ3n) is 5.20. The highest BCUT2D eigenvalue weighted by atomic mass is 16.2. The standard InChI is InChI=1S/C21H24N6O2/c28-19(27-12-5-4-10-18(27)20-23-21(29)25-24-20)15-26(17-8-2-1-3-9-17)14-16-7-6-11-22-13-16/h1-3,6-9,11,13,18H,4-5,10,12,14-15H2,(H2,23,24,25,29). The number of rotatable bonds is 6. The lowest BCUT2D eigenvalue weighted by molar-refractivity contribution is -0.133. The van der Waals surface area contributed by atoms with E-state index in [2.05, 4.69) is 25.1 Å². The number of pyridine rings is 1. The van der Waals surface area contributed by atoms with E-state index in [1.807, 2.05) is 53.6 Å². The van der Waals surface area contributed by atoms with Crippen molar-refractivity contribution in [2.24, 2.45) is 0 Å². The molecule has 8 heteroatoms. The van der Waals surface area contributed by atoms with Crippen LogP contribution < -0.4 is 10.6 Å². The molecule has 0 saturated carbocycles. The lowest BCUT2D eigenvalue weighted by atomic mass is 10.0. The molecule has 1 saturated heterocycles. The van der Waals surface area contributed by atoms with Crippen LogP contribution in [0.5, 0.6) is 0 Å². The van der Waals surface area contributed by atoms with E-state index in [-0.39, 0.29) is 24.2 Å². The van der Waals surface area contributed by atoms with E-state index < -0.39 is 0 Å². The predicted octanol–water partition coefficient (Wildman–Crippen LogP) is 2.25. The third-order valence-corrected chi connectivity index (χ3v) is 5.20. The smallest absolute Gasteiger partial charge is 0.340 e. The van der Waals surface area contributed by atoms with E-state index in [1.54, 1.807) is 6.20 Å². The quantitative estimate of drug-likeness (QED) is 0.671. The van der Waals surface area contributed by atoms with Crippen LogP contribution in [0, 0.1) is 0 Å². The van der Waals surface area contributed by atoms with Crippen LogP contribution in [0.2, 0.25) is 0 Å². The van der Waals surface area contributed by atoms with Gasteiger partial charge >= 0.3 is 5.69 Å². The van der Waals surface area contributed by atoms with E-state index >= 15 is 0 Å². The molecule has 1 unspecified atom stereocenters. The number of benzene rings is 1. The SMILES string of the molecule is O=C(CN(Cc1cccnc1)c1ccccc1)N1CCCCC1c1n[nH]c(=O)[nH]1. The lowest BCUT2D eigenvalue weighted by Crippen LogP contribution is -2.44. The highest BCUT2D eigenvalue weighted by molar-refractivity contribution is 5.82. The molecule has 2 aromatic heterocycles. The number of amides is 1. The lowest BCUT2D eigenvalue weighted by Gasteiger charge is -2.36. The molecule has 0 radical (unpaired) electrons. The molecule has 4 rings (SSSR count). The number of aromatic amines is 2. The second-order valence-corrected chi connectivity index (χ2v) is 7.21. The molecular weight excluding hydrogens is 368 g/mol. The molecule has 3 heterocycles. The number of hydrogen-bond acceptors (Lipinski definition) is 5. The number of likely N-dealkylation sites (tertiary alicyclic amines) is 1. The highest BCUT2D eigenvalue weighted by Gasteiger charge is 2.31. The zero-order chi connectivity index (χ0) is 20.1. The molecule has 0 spiro atoms. The van der Waals surface area contributed by atoms with Gasteiger partial charge in [0.05, 0.1) is 12.6 Å². The number of anilines is 1. The van der Waals surface area contributed by atoms with Crippen LogP contribution in [-0.2, 0) is 11.3 Å². The van der Waals surface area contributed by atoms with Gasteiger partial charge in [-0.3, -0.25) is 14.8 Å². The predicted molar refractivity (Wildman–Crippen MR) is 109 cm³/mol. The number of para-hydroxylation sites is 1. The minimum absolute atomic E-state index is 0.0197. The van der Waals surface area contributed by atoms with Crippen LogP contribution in [0.4, 0.5) is 5.69 Å².